The molecule has 2 aromatic carbocycles. The first-order valence-electron chi connectivity index (χ1n) is 5.47. The highest BCUT2D eigenvalue weighted by atomic mass is 35.5. The Labute approximate surface area is 115 Å². The molecule has 0 spiro atoms. The standard InChI is InChI=1S/C14H12ClFOS/c1-9(17)10-5-6-14(13(16)7-10)18-12-4-2-3-11(15)8-12/h2-9,17H,1H3. The molecular weight excluding hydrogens is 271 g/mol. The molecule has 0 amide bonds. The summed E-state index contributed by atoms with van der Waals surface area (Å²) in [5.74, 6) is -0.335. The molecule has 4 heteroatoms. The summed E-state index contributed by atoms with van der Waals surface area (Å²) in [7, 11) is 0. The van der Waals surface area contributed by atoms with Gasteiger partial charge in [0, 0.05) is 14.8 Å². The Kier molecular flexibility index (Phi) is 4.27. The minimum Gasteiger partial charge on any atom is -0.389 e. The van der Waals surface area contributed by atoms with Gasteiger partial charge in [-0.25, -0.2) is 4.39 Å². The minimum atomic E-state index is -0.662. The van der Waals surface area contributed by atoms with E-state index in [4.69, 9.17) is 11.6 Å². The first-order valence-corrected chi connectivity index (χ1v) is 6.66. The van der Waals surface area contributed by atoms with Crippen molar-refractivity contribution in [3.05, 3.63) is 58.9 Å². The third-order valence-corrected chi connectivity index (χ3v) is 3.74. The third kappa shape index (κ3) is 3.25. The first-order chi connectivity index (χ1) is 8.56. The number of hydrogen-bond donors (Lipinski definition) is 1. The third-order valence-electron chi connectivity index (χ3n) is 2.46. The fourth-order valence-electron chi connectivity index (χ4n) is 1.52. The predicted octanol–water partition coefficient (Wildman–Crippen LogP) is 4.68. The number of benzene rings is 2. The molecule has 0 fully saturated rings. The topological polar surface area (TPSA) is 20.2 Å². The highest BCUT2D eigenvalue weighted by Crippen LogP contribution is 2.32. The van der Waals surface area contributed by atoms with Gasteiger partial charge in [-0.15, -0.1) is 0 Å². The van der Waals surface area contributed by atoms with Crippen molar-refractivity contribution < 1.29 is 9.50 Å². The summed E-state index contributed by atoms with van der Waals surface area (Å²) < 4.78 is 13.8. The van der Waals surface area contributed by atoms with Crippen LogP contribution in [0.3, 0.4) is 0 Å². The molecule has 0 aliphatic carbocycles. The van der Waals surface area contributed by atoms with E-state index in [1.165, 1.54) is 17.8 Å². The second kappa shape index (κ2) is 5.74. The number of halogens is 2. The second-order valence-electron chi connectivity index (χ2n) is 3.93. The van der Waals surface area contributed by atoms with Crippen LogP contribution in [-0.4, -0.2) is 5.11 Å². The van der Waals surface area contributed by atoms with Gasteiger partial charge in [0.2, 0.25) is 0 Å². The lowest BCUT2D eigenvalue weighted by Gasteiger charge is -2.08. The van der Waals surface area contributed by atoms with Crippen LogP contribution >= 0.6 is 23.4 Å². The number of aliphatic hydroxyl groups excluding tert-OH is 1. The van der Waals surface area contributed by atoms with E-state index in [9.17, 15) is 9.50 Å². The number of hydrogen-bond acceptors (Lipinski definition) is 2. The second-order valence-corrected chi connectivity index (χ2v) is 5.48. The van der Waals surface area contributed by atoms with E-state index in [-0.39, 0.29) is 5.82 Å². The van der Waals surface area contributed by atoms with Crippen molar-refractivity contribution in [2.45, 2.75) is 22.8 Å². The van der Waals surface area contributed by atoms with Crippen LogP contribution in [0.15, 0.2) is 52.3 Å². The Bertz CT molecular complexity index is 557. The maximum atomic E-state index is 13.8. The molecule has 2 rings (SSSR count). The van der Waals surface area contributed by atoms with Crippen LogP contribution in [0.25, 0.3) is 0 Å². The molecule has 94 valence electrons. The van der Waals surface area contributed by atoms with E-state index < -0.39 is 6.10 Å². The highest BCUT2D eigenvalue weighted by molar-refractivity contribution is 7.99. The summed E-state index contributed by atoms with van der Waals surface area (Å²) in [6.45, 7) is 1.61. The summed E-state index contributed by atoms with van der Waals surface area (Å²) in [5, 5.41) is 10.0. The van der Waals surface area contributed by atoms with Gasteiger partial charge < -0.3 is 5.11 Å². The van der Waals surface area contributed by atoms with Crippen molar-refractivity contribution in [3.63, 3.8) is 0 Å². The predicted molar refractivity (Wildman–Crippen MR) is 72.6 cm³/mol. The molecule has 0 aliphatic rings. The SMILES string of the molecule is CC(O)c1ccc(Sc2cccc(Cl)c2)c(F)c1. The Hall–Kier alpha value is -1.03. The van der Waals surface area contributed by atoms with Crippen LogP contribution in [0.2, 0.25) is 5.02 Å². The van der Waals surface area contributed by atoms with Gasteiger partial charge in [-0.05, 0) is 42.8 Å². The zero-order valence-corrected chi connectivity index (χ0v) is 11.3. The van der Waals surface area contributed by atoms with E-state index in [0.29, 0.717) is 15.5 Å². The maximum Gasteiger partial charge on any atom is 0.137 e. The van der Waals surface area contributed by atoms with Gasteiger partial charge in [-0.3, -0.25) is 0 Å². The summed E-state index contributed by atoms with van der Waals surface area (Å²) in [4.78, 5) is 1.40. The molecule has 0 bridgehead atoms. The van der Waals surface area contributed by atoms with Crippen molar-refractivity contribution in [3.8, 4) is 0 Å². The fraction of sp³-hybridized carbons (Fsp3) is 0.143. The summed E-state index contributed by atoms with van der Waals surface area (Å²) in [6.07, 6.45) is -0.662. The van der Waals surface area contributed by atoms with E-state index in [2.05, 4.69) is 0 Å². The molecule has 0 radical (unpaired) electrons. The maximum absolute atomic E-state index is 13.8. The lowest BCUT2D eigenvalue weighted by molar-refractivity contribution is 0.198. The molecule has 0 saturated carbocycles. The molecule has 0 saturated heterocycles. The van der Waals surface area contributed by atoms with Crippen molar-refractivity contribution in [1.82, 2.24) is 0 Å². The largest absolute Gasteiger partial charge is 0.389 e. The van der Waals surface area contributed by atoms with Crippen LogP contribution < -0.4 is 0 Å². The Morgan fingerprint density at radius 1 is 1.22 bits per heavy atom. The number of aliphatic hydroxyl groups is 1. The van der Waals surface area contributed by atoms with Gasteiger partial charge in [0.25, 0.3) is 0 Å². The van der Waals surface area contributed by atoms with E-state index >= 15 is 0 Å². The normalized spacial score (nSPS) is 12.4. The minimum absolute atomic E-state index is 0.335. The molecule has 18 heavy (non-hydrogen) atoms. The summed E-state index contributed by atoms with van der Waals surface area (Å²) >= 11 is 7.19. The van der Waals surface area contributed by atoms with Crippen molar-refractivity contribution in [2.24, 2.45) is 0 Å². The molecule has 2 aromatic rings. The molecule has 1 nitrogen and oxygen atoms in total. The molecule has 0 aromatic heterocycles. The van der Waals surface area contributed by atoms with Crippen LogP contribution in [0.5, 0.6) is 0 Å². The van der Waals surface area contributed by atoms with Crippen molar-refractivity contribution >= 4 is 23.4 Å². The Balaban J connectivity index is 2.24. The van der Waals surface area contributed by atoms with Crippen molar-refractivity contribution in [1.29, 1.82) is 0 Å². The van der Waals surface area contributed by atoms with Gasteiger partial charge in [-0.1, -0.05) is 35.5 Å². The fourth-order valence-corrected chi connectivity index (χ4v) is 2.65. The van der Waals surface area contributed by atoms with Crippen LogP contribution in [0, 0.1) is 5.82 Å². The molecule has 1 unspecified atom stereocenters. The molecule has 0 heterocycles. The van der Waals surface area contributed by atoms with E-state index in [1.54, 1.807) is 31.2 Å². The van der Waals surface area contributed by atoms with Gasteiger partial charge in [0.05, 0.1) is 6.10 Å². The molecular formula is C14H12ClFOS. The van der Waals surface area contributed by atoms with Crippen LogP contribution in [-0.2, 0) is 0 Å². The Morgan fingerprint density at radius 2 is 2.00 bits per heavy atom. The monoisotopic (exact) mass is 282 g/mol. The summed E-state index contributed by atoms with van der Waals surface area (Å²) in [6, 6.07) is 12.0. The lowest BCUT2D eigenvalue weighted by Crippen LogP contribution is -1.92. The molecule has 0 aliphatic heterocycles. The molecule has 1 N–H and O–H groups in total. The van der Waals surface area contributed by atoms with Gasteiger partial charge in [0.15, 0.2) is 0 Å². The Morgan fingerprint density at radius 3 is 2.61 bits per heavy atom. The zero-order chi connectivity index (χ0) is 13.1. The van der Waals surface area contributed by atoms with Gasteiger partial charge >= 0.3 is 0 Å². The quantitative estimate of drug-likeness (QED) is 0.882. The summed E-state index contributed by atoms with van der Waals surface area (Å²) in [5.41, 5.74) is 0.572. The smallest absolute Gasteiger partial charge is 0.137 e. The van der Waals surface area contributed by atoms with Crippen LogP contribution in [0.4, 0.5) is 4.39 Å². The van der Waals surface area contributed by atoms with Gasteiger partial charge in [-0.2, -0.15) is 0 Å². The first kappa shape index (κ1) is 13.4. The van der Waals surface area contributed by atoms with Crippen LogP contribution in [0.1, 0.15) is 18.6 Å². The zero-order valence-electron chi connectivity index (χ0n) is 9.73. The highest BCUT2D eigenvalue weighted by Gasteiger charge is 2.08. The van der Waals surface area contributed by atoms with E-state index in [1.807, 2.05) is 12.1 Å². The molecule has 1 atom stereocenters. The average molecular weight is 283 g/mol. The lowest BCUT2D eigenvalue weighted by atomic mass is 10.1. The van der Waals surface area contributed by atoms with E-state index in [0.717, 1.165) is 4.90 Å². The van der Waals surface area contributed by atoms with Crippen molar-refractivity contribution in [2.75, 3.05) is 0 Å². The number of rotatable bonds is 3. The van der Waals surface area contributed by atoms with Gasteiger partial charge in [0.1, 0.15) is 5.82 Å². The average Bonchev–Trinajstić information content (AvgIpc) is 2.31.